The van der Waals surface area contributed by atoms with Crippen LogP contribution in [0.2, 0.25) is 5.02 Å². The average molecular weight is 409 g/mol. The predicted octanol–water partition coefficient (Wildman–Crippen LogP) is 4.24. The third-order valence-electron chi connectivity index (χ3n) is 4.64. The summed E-state index contributed by atoms with van der Waals surface area (Å²) in [5.74, 6) is 0.141. The van der Waals surface area contributed by atoms with Crippen LogP contribution in [0.1, 0.15) is 21.9 Å². The van der Waals surface area contributed by atoms with Gasteiger partial charge in [-0.3, -0.25) is 9.78 Å². The number of imidazole rings is 1. The van der Waals surface area contributed by atoms with Crippen LogP contribution in [0, 0.1) is 5.82 Å². The minimum Gasteiger partial charge on any atom is -0.350 e. The third kappa shape index (κ3) is 4.12. The maximum Gasteiger partial charge on any atom is 0.269 e. The quantitative estimate of drug-likeness (QED) is 0.519. The molecule has 0 fully saturated rings. The number of benzene rings is 2. The molecule has 0 spiro atoms. The van der Waals surface area contributed by atoms with E-state index in [1.54, 1.807) is 36.5 Å². The van der Waals surface area contributed by atoms with Crippen LogP contribution in [-0.2, 0) is 13.0 Å². The van der Waals surface area contributed by atoms with Crippen LogP contribution in [-0.4, -0.2) is 27.0 Å². The highest BCUT2D eigenvalue weighted by atomic mass is 35.5. The number of aromatic nitrogens is 3. The Morgan fingerprint density at radius 1 is 1.07 bits per heavy atom. The second kappa shape index (κ2) is 8.41. The summed E-state index contributed by atoms with van der Waals surface area (Å²) in [6, 6.07) is 17.5. The van der Waals surface area contributed by atoms with Crippen LogP contribution < -0.4 is 5.32 Å². The van der Waals surface area contributed by atoms with Crippen molar-refractivity contribution in [2.24, 2.45) is 0 Å². The first-order chi connectivity index (χ1) is 14.1. The van der Waals surface area contributed by atoms with Gasteiger partial charge < -0.3 is 9.88 Å². The molecule has 0 unspecified atom stereocenters. The van der Waals surface area contributed by atoms with Gasteiger partial charge in [0, 0.05) is 29.7 Å². The van der Waals surface area contributed by atoms with Gasteiger partial charge in [-0.15, -0.1) is 0 Å². The Bertz CT molecular complexity index is 1140. The number of halogens is 2. The molecule has 0 atom stereocenters. The number of rotatable bonds is 6. The van der Waals surface area contributed by atoms with Crippen molar-refractivity contribution >= 4 is 28.5 Å². The first-order valence-corrected chi connectivity index (χ1v) is 9.57. The molecule has 2 heterocycles. The molecule has 4 aromatic rings. The highest BCUT2D eigenvalue weighted by Crippen LogP contribution is 2.24. The number of carbonyl (C=O) groups is 1. The van der Waals surface area contributed by atoms with Crippen LogP contribution >= 0.6 is 11.6 Å². The lowest BCUT2D eigenvalue weighted by Crippen LogP contribution is -2.27. The zero-order valence-corrected chi connectivity index (χ0v) is 16.2. The number of fused-ring (bicyclic) bond motifs is 1. The normalized spacial score (nSPS) is 11.0. The van der Waals surface area contributed by atoms with Crippen molar-refractivity contribution in [1.29, 1.82) is 0 Å². The Kier molecular flexibility index (Phi) is 5.53. The Labute approximate surface area is 172 Å². The van der Waals surface area contributed by atoms with E-state index in [0.717, 1.165) is 16.9 Å². The fraction of sp³-hybridized carbons (Fsp3) is 0.136. The van der Waals surface area contributed by atoms with Crippen LogP contribution in [0.5, 0.6) is 0 Å². The van der Waals surface area contributed by atoms with Crippen molar-refractivity contribution < 1.29 is 9.18 Å². The molecule has 1 N–H and O–H groups in total. The predicted molar refractivity (Wildman–Crippen MR) is 111 cm³/mol. The van der Waals surface area contributed by atoms with Crippen molar-refractivity contribution in [2.45, 2.75) is 13.0 Å². The molecule has 146 valence electrons. The van der Waals surface area contributed by atoms with E-state index in [0.29, 0.717) is 29.2 Å². The first kappa shape index (κ1) is 19.1. The Balaban J connectivity index is 1.58. The van der Waals surface area contributed by atoms with Crippen LogP contribution in [0.4, 0.5) is 4.39 Å². The summed E-state index contributed by atoms with van der Waals surface area (Å²) >= 11 is 6.23. The monoisotopic (exact) mass is 408 g/mol. The van der Waals surface area contributed by atoms with E-state index in [-0.39, 0.29) is 18.3 Å². The number of hydrogen-bond acceptors (Lipinski definition) is 3. The summed E-state index contributed by atoms with van der Waals surface area (Å²) in [4.78, 5) is 20.9. The fourth-order valence-corrected chi connectivity index (χ4v) is 3.43. The minimum atomic E-state index is -0.357. The van der Waals surface area contributed by atoms with Gasteiger partial charge in [0.05, 0.1) is 17.6 Å². The number of hydrogen-bond donors (Lipinski definition) is 1. The van der Waals surface area contributed by atoms with E-state index in [9.17, 15) is 9.18 Å². The van der Waals surface area contributed by atoms with Gasteiger partial charge in [0.2, 0.25) is 0 Å². The van der Waals surface area contributed by atoms with Gasteiger partial charge >= 0.3 is 0 Å². The lowest BCUT2D eigenvalue weighted by atomic mass is 10.2. The maximum absolute atomic E-state index is 14.3. The summed E-state index contributed by atoms with van der Waals surface area (Å²) in [7, 11) is 0. The lowest BCUT2D eigenvalue weighted by Gasteiger charge is -2.12. The van der Waals surface area contributed by atoms with Crippen LogP contribution in [0.15, 0.2) is 66.9 Å². The Morgan fingerprint density at radius 2 is 1.90 bits per heavy atom. The molecule has 0 saturated heterocycles. The van der Waals surface area contributed by atoms with E-state index >= 15 is 0 Å². The minimum absolute atomic E-state index is 0.245. The average Bonchev–Trinajstić information content (AvgIpc) is 3.08. The van der Waals surface area contributed by atoms with Gasteiger partial charge in [0.15, 0.2) is 0 Å². The van der Waals surface area contributed by atoms with Gasteiger partial charge in [0.1, 0.15) is 17.3 Å². The molecule has 0 aliphatic rings. The topological polar surface area (TPSA) is 59.8 Å². The number of carbonyl (C=O) groups excluding carboxylic acids is 1. The molecule has 7 heteroatoms. The number of amides is 1. The third-order valence-corrected chi connectivity index (χ3v) is 5.00. The van der Waals surface area contributed by atoms with E-state index in [1.807, 2.05) is 28.8 Å². The van der Waals surface area contributed by atoms with Crippen molar-refractivity contribution in [2.75, 3.05) is 6.54 Å². The number of para-hydroxylation sites is 2. The SMILES string of the molecule is O=C(NCCc1nc2ccccc2n1Cc1c(F)cccc1Cl)c1ccccn1. The van der Waals surface area contributed by atoms with E-state index in [1.165, 1.54) is 6.07 Å². The molecule has 5 nitrogen and oxygen atoms in total. The maximum atomic E-state index is 14.3. The zero-order valence-electron chi connectivity index (χ0n) is 15.5. The fourth-order valence-electron chi connectivity index (χ4n) is 3.21. The molecule has 0 saturated carbocycles. The van der Waals surface area contributed by atoms with Gasteiger partial charge in [0.25, 0.3) is 5.91 Å². The number of nitrogens with one attached hydrogen (secondary N) is 1. The van der Waals surface area contributed by atoms with Crippen LogP contribution in [0.25, 0.3) is 11.0 Å². The molecule has 0 radical (unpaired) electrons. The molecule has 29 heavy (non-hydrogen) atoms. The largest absolute Gasteiger partial charge is 0.350 e. The van der Waals surface area contributed by atoms with Gasteiger partial charge in [-0.05, 0) is 36.4 Å². The summed E-state index contributed by atoms with van der Waals surface area (Å²) in [5.41, 5.74) is 2.47. The second-order valence-electron chi connectivity index (χ2n) is 6.52. The smallest absolute Gasteiger partial charge is 0.269 e. The standard InChI is InChI=1S/C22H18ClFN4O/c23-16-6-5-7-17(24)15(16)14-28-20-10-2-1-8-18(20)27-21(28)11-13-26-22(29)19-9-3-4-12-25-19/h1-10,12H,11,13-14H2,(H,26,29). The highest BCUT2D eigenvalue weighted by Gasteiger charge is 2.15. The van der Waals surface area contributed by atoms with Gasteiger partial charge in [-0.25, -0.2) is 9.37 Å². The first-order valence-electron chi connectivity index (χ1n) is 9.20. The van der Waals surface area contributed by atoms with Gasteiger partial charge in [-0.2, -0.15) is 0 Å². The summed E-state index contributed by atoms with van der Waals surface area (Å²) < 4.78 is 16.3. The molecular formula is C22H18ClFN4O. The Morgan fingerprint density at radius 3 is 2.69 bits per heavy atom. The molecule has 2 aromatic carbocycles. The second-order valence-corrected chi connectivity index (χ2v) is 6.93. The molecule has 1 amide bonds. The van der Waals surface area contributed by atoms with Crippen molar-refractivity contribution in [3.05, 3.63) is 94.8 Å². The van der Waals surface area contributed by atoms with E-state index < -0.39 is 0 Å². The molecule has 0 aliphatic heterocycles. The molecule has 4 rings (SSSR count). The van der Waals surface area contributed by atoms with E-state index in [2.05, 4.69) is 15.3 Å². The van der Waals surface area contributed by atoms with Crippen LogP contribution in [0.3, 0.4) is 0 Å². The number of pyridine rings is 1. The summed E-state index contributed by atoms with van der Waals surface area (Å²) in [5, 5.41) is 3.22. The Hall–Kier alpha value is -3.25. The molecule has 0 bridgehead atoms. The zero-order chi connectivity index (χ0) is 20.2. The summed E-state index contributed by atoms with van der Waals surface area (Å²) in [6.07, 6.45) is 2.06. The van der Waals surface area contributed by atoms with Gasteiger partial charge in [-0.1, -0.05) is 35.9 Å². The summed E-state index contributed by atoms with van der Waals surface area (Å²) in [6.45, 7) is 0.638. The molecule has 2 aromatic heterocycles. The van der Waals surface area contributed by atoms with Crippen molar-refractivity contribution in [1.82, 2.24) is 19.9 Å². The van der Waals surface area contributed by atoms with Crippen molar-refractivity contribution in [3.8, 4) is 0 Å². The molecule has 0 aliphatic carbocycles. The number of nitrogens with zero attached hydrogens (tertiary/aromatic N) is 3. The van der Waals surface area contributed by atoms with Crippen molar-refractivity contribution in [3.63, 3.8) is 0 Å². The van der Waals surface area contributed by atoms with E-state index in [4.69, 9.17) is 11.6 Å². The highest BCUT2D eigenvalue weighted by molar-refractivity contribution is 6.31. The molecular weight excluding hydrogens is 391 g/mol. The lowest BCUT2D eigenvalue weighted by molar-refractivity contribution is 0.0949.